The van der Waals surface area contributed by atoms with Crippen molar-refractivity contribution >= 4 is 17.6 Å². The Hall–Kier alpha value is -3.72. The minimum Gasteiger partial charge on any atom is -0.455 e. The molecular formula is C31H37NO5. The van der Waals surface area contributed by atoms with Crippen molar-refractivity contribution in [3.05, 3.63) is 65.7 Å². The Labute approximate surface area is 220 Å². The molecule has 37 heavy (non-hydrogen) atoms. The van der Waals surface area contributed by atoms with Crippen LogP contribution in [0.1, 0.15) is 82.8 Å². The van der Waals surface area contributed by atoms with Crippen LogP contribution < -0.4 is 14.2 Å². The maximum Gasteiger partial charge on any atom is 0.336 e. The lowest BCUT2D eigenvalue weighted by Gasteiger charge is -2.19. The SMILES string of the molecule is C=C(C)C(=O)OC(CCCCCCCCCC)Oc1ccc(C=C(C#N)c2ccc3c(c2)OCO3)cc1. The Kier molecular flexibility index (Phi) is 11.1. The van der Waals surface area contributed by atoms with E-state index in [9.17, 15) is 10.1 Å². The van der Waals surface area contributed by atoms with Crippen molar-refractivity contribution in [3.63, 3.8) is 0 Å². The van der Waals surface area contributed by atoms with E-state index in [0.717, 1.165) is 24.0 Å². The van der Waals surface area contributed by atoms with Crippen LogP contribution in [0.2, 0.25) is 0 Å². The van der Waals surface area contributed by atoms with Crippen molar-refractivity contribution in [2.45, 2.75) is 77.9 Å². The van der Waals surface area contributed by atoms with E-state index in [2.05, 4.69) is 19.6 Å². The zero-order valence-electron chi connectivity index (χ0n) is 22.0. The smallest absolute Gasteiger partial charge is 0.336 e. The van der Waals surface area contributed by atoms with Crippen LogP contribution in [0.3, 0.4) is 0 Å². The van der Waals surface area contributed by atoms with Crippen LogP contribution in [0.25, 0.3) is 11.6 Å². The third kappa shape index (κ3) is 9.02. The molecule has 1 atom stereocenters. The van der Waals surface area contributed by atoms with Gasteiger partial charge in [0.15, 0.2) is 11.5 Å². The van der Waals surface area contributed by atoms with Crippen molar-refractivity contribution < 1.29 is 23.7 Å². The first kappa shape index (κ1) is 27.9. The van der Waals surface area contributed by atoms with Gasteiger partial charge in [-0.05, 0) is 60.9 Å². The van der Waals surface area contributed by atoms with Crippen molar-refractivity contribution in [1.82, 2.24) is 0 Å². The third-order valence-electron chi connectivity index (χ3n) is 6.14. The fourth-order valence-electron chi connectivity index (χ4n) is 4.01. The van der Waals surface area contributed by atoms with Crippen molar-refractivity contribution in [2.24, 2.45) is 0 Å². The number of fused-ring (bicyclic) bond motifs is 1. The second-order valence-corrected chi connectivity index (χ2v) is 9.30. The van der Waals surface area contributed by atoms with E-state index in [4.69, 9.17) is 18.9 Å². The third-order valence-corrected chi connectivity index (χ3v) is 6.14. The van der Waals surface area contributed by atoms with Crippen LogP contribution in [0, 0.1) is 11.3 Å². The number of hydrogen-bond donors (Lipinski definition) is 0. The molecule has 0 aliphatic carbocycles. The van der Waals surface area contributed by atoms with E-state index < -0.39 is 12.3 Å². The standard InChI is InChI=1S/C31H37NO5/c1-4-5-6-7-8-9-10-11-12-30(37-31(33)23(2)3)36-27-16-13-24(14-17-27)19-26(21-32)25-15-18-28-29(20-25)35-22-34-28/h13-20,30H,2,4-12,22H2,1,3H3. The summed E-state index contributed by atoms with van der Waals surface area (Å²) in [5, 5.41) is 9.70. The van der Waals surface area contributed by atoms with Gasteiger partial charge >= 0.3 is 5.97 Å². The predicted octanol–water partition coefficient (Wildman–Crippen LogP) is 7.83. The topological polar surface area (TPSA) is 77.8 Å². The molecule has 0 amide bonds. The number of esters is 1. The molecule has 6 nitrogen and oxygen atoms in total. The Bertz CT molecular complexity index is 1110. The lowest BCUT2D eigenvalue weighted by atomic mass is 10.0. The number of rotatable bonds is 15. The molecule has 1 unspecified atom stereocenters. The largest absolute Gasteiger partial charge is 0.455 e. The molecule has 1 heterocycles. The number of carbonyl (C=O) groups excluding carboxylic acids is 1. The first-order valence-electron chi connectivity index (χ1n) is 13.1. The lowest BCUT2D eigenvalue weighted by Crippen LogP contribution is -2.24. The fraction of sp³-hybridized carbons (Fsp3) is 0.419. The monoisotopic (exact) mass is 503 g/mol. The van der Waals surface area contributed by atoms with Gasteiger partial charge in [-0.2, -0.15) is 5.26 Å². The lowest BCUT2D eigenvalue weighted by molar-refractivity contribution is -0.159. The van der Waals surface area contributed by atoms with Crippen LogP contribution in [0.15, 0.2) is 54.6 Å². The van der Waals surface area contributed by atoms with E-state index in [0.29, 0.717) is 34.8 Å². The molecular weight excluding hydrogens is 466 g/mol. The molecule has 0 radical (unpaired) electrons. The molecule has 1 aliphatic rings. The Balaban J connectivity index is 1.58. The van der Waals surface area contributed by atoms with Crippen LogP contribution in [-0.2, 0) is 9.53 Å². The molecule has 196 valence electrons. The zero-order valence-corrected chi connectivity index (χ0v) is 22.0. The minimum absolute atomic E-state index is 0.188. The summed E-state index contributed by atoms with van der Waals surface area (Å²) >= 11 is 0. The van der Waals surface area contributed by atoms with E-state index in [-0.39, 0.29) is 6.79 Å². The highest BCUT2D eigenvalue weighted by atomic mass is 16.7. The quantitative estimate of drug-likeness (QED) is 0.0615. The molecule has 0 saturated carbocycles. The fourth-order valence-corrected chi connectivity index (χ4v) is 4.01. The number of hydrogen-bond acceptors (Lipinski definition) is 6. The van der Waals surface area contributed by atoms with Gasteiger partial charge in [0.25, 0.3) is 0 Å². The average molecular weight is 504 g/mol. The van der Waals surface area contributed by atoms with Gasteiger partial charge in [0.1, 0.15) is 5.75 Å². The predicted molar refractivity (Wildman–Crippen MR) is 145 cm³/mol. The van der Waals surface area contributed by atoms with Crippen molar-refractivity contribution in [2.75, 3.05) is 6.79 Å². The molecule has 0 aromatic heterocycles. The average Bonchev–Trinajstić information content (AvgIpc) is 3.37. The minimum atomic E-state index is -0.672. The number of allylic oxidation sites excluding steroid dienone is 1. The number of nitriles is 1. The first-order chi connectivity index (χ1) is 18.0. The number of benzene rings is 2. The normalized spacial score (nSPS) is 13.1. The second-order valence-electron chi connectivity index (χ2n) is 9.30. The molecule has 0 saturated heterocycles. The highest BCUT2D eigenvalue weighted by molar-refractivity contribution is 5.90. The number of carbonyl (C=O) groups is 1. The molecule has 3 rings (SSSR count). The van der Waals surface area contributed by atoms with Crippen LogP contribution in [0.5, 0.6) is 17.2 Å². The summed E-state index contributed by atoms with van der Waals surface area (Å²) < 4.78 is 22.3. The molecule has 2 aromatic carbocycles. The maximum absolute atomic E-state index is 12.1. The van der Waals surface area contributed by atoms with Gasteiger partial charge in [-0.3, -0.25) is 0 Å². The van der Waals surface area contributed by atoms with E-state index in [1.54, 1.807) is 25.1 Å². The van der Waals surface area contributed by atoms with Gasteiger partial charge in [-0.25, -0.2) is 4.79 Å². The van der Waals surface area contributed by atoms with Crippen LogP contribution >= 0.6 is 0 Å². The molecule has 6 heteroatoms. The summed E-state index contributed by atoms with van der Waals surface area (Å²) in [6.45, 7) is 7.71. The summed E-state index contributed by atoms with van der Waals surface area (Å²) in [5.74, 6) is 1.45. The molecule has 0 fully saturated rings. The molecule has 1 aliphatic heterocycles. The number of unbranched alkanes of at least 4 members (excludes halogenated alkanes) is 7. The molecule has 0 bridgehead atoms. The van der Waals surface area contributed by atoms with Gasteiger partial charge < -0.3 is 18.9 Å². The van der Waals surface area contributed by atoms with Gasteiger partial charge in [-0.15, -0.1) is 0 Å². The highest BCUT2D eigenvalue weighted by Gasteiger charge is 2.17. The summed E-state index contributed by atoms with van der Waals surface area (Å²) in [6.07, 6.45) is 11.3. The Morgan fingerprint density at radius 3 is 2.38 bits per heavy atom. The highest BCUT2D eigenvalue weighted by Crippen LogP contribution is 2.34. The van der Waals surface area contributed by atoms with Crippen molar-refractivity contribution in [3.8, 4) is 23.3 Å². The first-order valence-corrected chi connectivity index (χ1v) is 13.1. The molecule has 0 N–H and O–H groups in total. The molecule has 2 aromatic rings. The second kappa shape index (κ2) is 14.7. The van der Waals surface area contributed by atoms with E-state index in [1.807, 2.05) is 30.3 Å². The summed E-state index contributed by atoms with van der Waals surface area (Å²) in [6, 6.07) is 15.1. The van der Waals surface area contributed by atoms with Gasteiger partial charge in [-0.1, -0.05) is 70.6 Å². The number of nitrogens with zero attached hydrogens (tertiary/aromatic N) is 1. The van der Waals surface area contributed by atoms with E-state index >= 15 is 0 Å². The van der Waals surface area contributed by atoms with E-state index in [1.165, 1.54) is 38.5 Å². The summed E-state index contributed by atoms with van der Waals surface area (Å²) in [5.41, 5.74) is 2.46. The Morgan fingerprint density at radius 1 is 1.03 bits per heavy atom. The molecule has 0 spiro atoms. The van der Waals surface area contributed by atoms with Crippen molar-refractivity contribution in [1.29, 1.82) is 5.26 Å². The Morgan fingerprint density at radius 2 is 1.70 bits per heavy atom. The zero-order chi connectivity index (χ0) is 26.5. The summed E-state index contributed by atoms with van der Waals surface area (Å²) in [4.78, 5) is 12.1. The number of ether oxygens (including phenoxy) is 4. The summed E-state index contributed by atoms with van der Waals surface area (Å²) in [7, 11) is 0. The van der Waals surface area contributed by atoms with Gasteiger partial charge in [0.2, 0.25) is 13.1 Å². The van der Waals surface area contributed by atoms with Gasteiger partial charge in [0.05, 0.1) is 11.6 Å². The van der Waals surface area contributed by atoms with Crippen LogP contribution in [-0.4, -0.2) is 19.1 Å². The maximum atomic E-state index is 12.1. The van der Waals surface area contributed by atoms with Gasteiger partial charge in [0, 0.05) is 12.0 Å². The van der Waals surface area contributed by atoms with Crippen LogP contribution in [0.4, 0.5) is 0 Å².